The lowest BCUT2D eigenvalue weighted by Crippen LogP contribution is -2.35. The van der Waals surface area contributed by atoms with E-state index in [1.165, 1.54) is 61.4 Å². The summed E-state index contributed by atoms with van der Waals surface area (Å²) in [5, 5.41) is 2.60. The first kappa shape index (κ1) is 34.6. The molecule has 0 aromatic heterocycles. The first-order chi connectivity index (χ1) is 25.9. The van der Waals surface area contributed by atoms with Crippen LogP contribution in [0, 0.1) is 5.92 Å². The Morgan fingerprint density at radius 1 is 0.623 bits per heavy atom. The van der Waals surface area contributed by atoms with E-state index in [1.54, 1.807) is 0 Å². The minimum atomic E-state index is -0.232. The number of nitrogens with zero attached hydrogens (tertiary/aromatic N) is 2. The molecule has 0 saturated carbocycles. The second-order valence-corrected chi connectivity index (χ2v) is 15.8. The zero-order valence-corrected chi connectivity index (χ0v) is 31.7. The number of likely N-dealkylation sites (N-methyl/N-ethyl adjacent to an activating group) is 1. The molecule has 2 heterocycles. The van der Waals surface area contributed by atoms with Crippen molar-refractivity contribution in [3.63, 3.8) is 0 Å². The molecule has 1 unspecified atom stereocenters. The van der Waals surface area contributed by atoms with Crippen LogP contribution in [-0.4, -0.2) is 23.9 Å². The Balaban J connectivity index is 1.30. The molecule has 2 heteroatoms. The lowest BCUT2D eigenvalue weighted by atomic mass is 9.70. The zero-order chi connectivity index (χ0) is 36.4. The van der Waals surface area contributed by atoms with Gasteiger partial charge >= 0.3 is 0 Å². The fourth-order valence-corrected chi connectivity index (χ4v) is 9.14. The van der Waals surface area contributed by atoms with Gasteiger partial charge in [-0.15, -0.1) is 0 Å². The molecule has 0 bridgehead atoms. The molecule has 264 valence electrons. The molecule has 0 saturated heterocycles. The minimum absolute atomic E-state index is 0.206. The molecular formula is C51H51N2+. The van der Waals surface area contributed by atoms with E-state index < -0.39 is 0 Å². The Morgan fingerprint density at radius 3 is 1.75 bits per heavy atom. The molecule has 0 radical (unpaired) electrons. The standard InChI is InChI=1S/C51H51N2/c1-38(2)31-32-53-47-34-43-26-15-14-25-42(43)33-45(47)50(3,35-39-19-8-5-9-20-39)48(53)29-18-30-49-51(36-40-21-10-6-11-22-40,37-41-23-12-7-13-24-41)44-27-16-17-28-46(44)52(49)4/h5-30,33-34,38H,31-32,35-37H2,1-4H3/q+1. The summed E-state index contributed by atoms with van der Waals surface area (Å²) in [6.45, 7) is 8.14. The Labute approximate surface area is 316 Å². The van der Waals surface area contributed by atoms with Crippen LogP contribution < -0.4 is 4.90 Å². The highest BCUT2D eigenvalue weighted by atomic mass is 15.2. The van der Waals surface area contributed by atoms with E-state index in [0.717, 1.165) is 32.2 Å². The second kappa shape index (κ2) is 14.5. The maximum Gasteiger partial charge on any atom is 0.210 e. The van der Waals surface area contributed by atoms with Crippen molar-refractivity contribution in [1.29, 1.82) is 0 Å². The second-order valence-electron chi connectivity index (χ2n) is 15.8. The van der Waals surface area contributed by atoms with Crippen molar-refractivity contribution in [2.75, 3.05) is 18.5 Å². The van der Waals surface area contributed by atoms with Crippen LogP contribution in [0.4, 0.5) is 11.4 Å². The highest BCUT2D eigenvalue weighted by molar-refractivity contribution is 6.05. The molecule has 6 aromatic carbocycles. The average molecular weight is 692 g/mol. The third-order valence-electron chi connectivity index (χ3n) is 11.8. The average Bonchev–Trinajstić information content (AvgIpc) is 3.53. The van der Waals surface area contributed by atoms with Gasteiger partial charge in [0.1, 0.15) is 6.54 Å². The summed E-state index contributed by atoms with van der Waals surface area (Å²) in [7, 11) is 2.26. The van der Waals surface area contributed by atoms with Crippen molar-refractivity contribution in [2.45, 2.75) is 57.3 Å². The number of anilines is 1. The Bertz CT molecular complexity index is 2270. The van der Waals surface area contributed by atoms with Crippen LogP contribution in [0.5, 0.6) is 0 Å². The summed E-state index contributed by atoms with van der Waals surface area (Å²) in [6, 6.07) is 56.0. The molecule has 2 nitrogen and oxygen atoms in total. The fourth-order valence-electron chi connectivity index (χ4n) is 9.14. The molecule has 0 fully saturated rings. The monoisotopic (exact) mass is 691 g/mol. The molecule has 2 aliphatic rings. The maximum absolute atomic E-state index is 2.65. The maximum atomic E-state index is 2.65. The first-order valence-electron chi connectivity index (χ1n) is 19.4. The number of hydrogen-bond donors (Lipinski definition) is 0. The van der Waals surface area contributed by atoms with Crippen LogP contribution in [0.3, 0.4) is 0 Å². The summed E-state index contributed by atoms with van der Waals surface area (Å²) >= 11 is 0. The fraction of sp³-hybridized carbons (Fsp3) is 0.235. The number of fused-ring (bicyclic) bond motifs is 3. The number of para-hydroxylation sites is 1. The number of allylic oxidation sites excluding steroid dienone is 4. The predicted molar refractivity (Wildman–Crippen MR) is 225 cm³/mol. The van der Waals surface area contributed by atoms with Crippen molar-refractivity contribution < 1.29 is 4.58 Å². The number of benzene rings is 6. The molecule has 0 aliphatic carbocycles. The van der Waals surface area contributed by atoms with Crippen LogP contribution in [-0.2, 0) is 30.1 Å². The lowest BCUT2D eigenvalue weighted by Gasteiger charge is -2.33. The molecule has 8 rings (SSSR count). The van der Waals surface area contributed by atoms with Gasteiger partial charge in [-0.2, -0.15) is 4.58 Å². The van der Waals surface area contributed by atoms with Crippen molar-refractivity contribution in [3.05, 3.63) is 203 Å². The molecule has 1 atom stereocenters. The first-order valence-corrected chi connectivity index (χ1v) is 19.4. The summed E-state index contributed by atoms with van der Waals surface area (Å²) in [4.78, 5) is 2.45. The highest BCUT2D eigenvalue weighted by Crippen LogP contribution is 2.51. The van der Waals surface area contributed by atoms with E-state index in [0.29, 0.717) is 5.92 Å². The van der Waals surface area contributed by atoms with Crippen molar-refractivity contribution >= 4 is 27.9 Å². The predicted octanol–water partition coefficient (Wildman–Crippen LogP) is 11.8. The Hall–Kier alpha value is -5.47. The molecular weight excluding hydrogens is 641 g/mol. The Morgan fingerprint density at radius 2 is 1.15 bits per heavy atom. The van der Waals surface area contributed by atoms with Gasteiger partial charge in [0.25, 0.3) is 0 Å². The lowest BCUT2D eigenvalue weighted by molar-refractivity contribution is -0.439. The normalized spacial score (nSPS) is 18.4. The van der Waals surface area contributed by atoms with Gasteiger partial charge in [0, 0.05) is 48.0 Å². The molecule has 0 amide bonds. The minimum Gasteiger partial charge on any atom is -0.347 e. The highest BCUT2D eigenvalue weighted by Gasteiger charge is 2.49. The van der Waals surface area contributed by atoms with E-state index in [-0.39, 0.29) is 10.8 Å². The van der Waals surface area contributed by atoms with E-state index in [1.807, 2.05) is 0 Å². The van der Waals surface area contributed by atoms with Gasteiger partial charge in [-0.3, -0.25) is 0 Å². The van der Waals surface area contributed by atoms with Crippen molar-refractivity contribution in [3.8, 4) is 0 Å². The molecule has 0 N–H and O–H groups in total. The quantitative estimate of drug-likeness (QED) is 0.123. The van der Waals surface area contributed by atoms with Gasteiger partial charge < -0.3 is 4.90 Å². The van der Waals surface area contributed by atoms with Gasteiger partial charge in [0.15, 0.2) is 5.71 Å². The molecule has 0 spiro atoms. The van der Waals surface area contributed by atoms with Gasteiger partial charge in [-0.05, 0) is 83.3 Å². The molecule has 53 heavy (non-hydrogen) atoms. The van der Waals surface area contributed by atoms with Gasteiger partial charge in [0.05, 0.1) is 5.41 Å². The summed E-state index contributed by atoms with van der Waals surface area (Å²) in [6.07, 6.45) is 11.2. The summed E-state index contributed by atoms with van der Waals surface area (Å²) < 4.78 is 2.65. The zero-order valence-electron chi connectivity index (χ0n) is 31.7. The van der Waals surface area contributed by atoms with Crippen LogP contribution in [0.15, 0.2) is 176 Å². The van der Waals surface area contributed by atoms with Crippen molar-refractivity contribution in [2.24, 2.45) is 5.92 Å². The van der Waals surface area contributed by atoms with E-state index in [2.05, 4.69) is 207 Å². The number of hydrogen-bond acceptors (Lipinski definition) is 1. The SMILES string of the molecule is CC(C)CC[N+]1=C(C=CC=C2N(C)c3ccccc3C2(Cc2ccccc2)Cc2ccccc2)C(C)(Cc2ccccc2)c2cc3ccccc3cc21. The van der Waals surface area contributed by atoms with Gasteiger partial charge in [-0.25, -0.2) is 0 Å². The third kappa shape index (κ3) is 6.57. The van der Waals surface area contributed by atoms with Crippen LogP contribution in [0.25, 0.3) is 10.8 Å². The van der Waals surface area contributed by atoms with Crippen molar-refractivity contribution in [1.82, 2.24) is 0 Å². The topological polar surface area (TPSA) is 6.25 Å². The van der Waals surface area contributed by atoms with E-state index >= 15 is 0 Å². The summed E-state index contributed by atoms with van der Waals surface area (Å²) in [5.41, 5.74) is 11.8. The number of rotatable bonds is 11. The van der Waals surface area contributed by atoms with Crippen LogP contribution in [0.1, 0.15) is 55.0 Å². The van der Waals surface area contributed by atoms with Gasteiger partial charge in [-0.1, -0.05) is 153 Å². The largest absolute Gasteiger partial charge is 0.347 e. The Kier molecular flexibility index (Phi) is 9.48. The van der Waals surface area contributed by atoms with Crippen LogP contribution in [0.2, 0.25) is 0 Å². The van der Waals surface area contributed by atoms with E-state index in [9.17, 15) is 0 Å². The molecule has 2 aliphatic heterocycles. The summed E-state index contributed by atoms with van der Waals surface area (Å²) in [5.74, 6) is 0.606. The van der Waals surface area contributed by atoms with E-state index in [4.69, 9.17) is 0 Å². The third-order valence-corrected chi connectivity index (χ3v) is 11.8. The molecule has 6 aromatic rings. The van der Waals surface area contributed by atoms with Gasteiger partial charge in [0.2, 0.25) is 5.69 Å². The smallest absolute Gasteiger partial charge is 0.210 e. The van der Waals surface area contributed by atoms with Crippen LogP contribution >= 0.6 is 0 Å².